The molecule has 0 unspecified atom stereocenters. The first-order chi connectivity index (χ1) is 7.93. The van der Waals surface area contributed by atoms with Gasteiger partial charge in [0.05, 0.1) is 13.2 Å². The van der Waals surface area contributed by atoms with Gasteiger partial charge in [-0.3, -0.25) is 0 Å². The summed E-state index contributed by atoms with van der Waals surface area (Å²) in [5, 5.41) is 0. The monoisotopic (exact) mass is 219 g/mol. The Kier molecular flexibility index (Phi) is 2.79. The summed E-state index contributed by atoms with van der Waals surface area (Å²) in [5.41, 5.74) is 1.30. The lowest BCUT2D eigenvalue weighted by molar-refractivity contribution is 0.0233. The summed E-state index contributed by atoms with van der Waals surface area (Å²) >= 11 is 0. The summed E-state index contributed by atoms with van der Waals surface area (Å²) in [6.45, 7) is 1.63. The van der Waals surface area contributed by atoms with Crippen LogP contribution in [0.3, 0.4) is 0 Å². The fourth-order valence-electron chi connectivity index (χ4n) is 2.16. The van der Waals surface area contributed by atoms with Gasteiger partial charge in [-0.25, -0.2) is 4.98 Å². The third-order valence-corrected chi connectivity index (χ3v) is 3.26. The van der Waals surface area contributed by atoms with E-state index in [1.54, 1.807) is 0 Å². The molecule has 0 bridgehead atoms. The van der Waals surface area contributed by atoms with Gasteiger partial charge in [0, 0.05) is 24.6 Å². The highest BCUT2D eigenvalue weighted by atomic mass is 16.5. The molecule has 1 saturated heterocycles. The SMILES string of the molecule is c1cnc(OC2CCOCC2)c(C2CC2)c1. The zero-order valence-corrected chi connectivity index (χ0v) is 9.39. The van der Waals surface area contributed by atoms with E-state index in [4.69, 9.17) is 9.47 Å². The second-order valence-electron chi connectivity index (χ2n) is 4.60. The fourth-order valence-corrected chi connectivity index (χ4v) is 2.16. The Bertz CT molecular complexity index is 357. The van der Waals surface area contributed by atoms with Gasteiger partial charge in [-0.15, -0.1) is 0 Å². The molecule has 1 aromatic heterocycles. The van der Waals surface area contributed by atoms with Crippen LogP contribution in [-0.2, 0) is 4.74 Å². The zero-order chi connectivity index (χ0) is 10.8. The van der Waals surface area contributed by atoms with Gasteiger partial charge in [0.1, 0.15) is 6.10 Å². The Labute approximate surface area is 95.8 Å². The van der Waals surface area contributed by atoms with Crippen LogP contribution < -0.4 is 4.74 Å². The van der Waals surface area contributed by atoms with Gasteiger partial charge in [0.25, 0.3) is 0 Å². The Morgan fingerprint density at radius 2 is 2.00 bits per heavy atom. The molecule has 0 amide bonds. The van der Waals surface area contributed by atoms with Crippen molar-refractivity contribution in [1.82, 2.24) is 4.98 Å². The molecule has 0 radical (unpaired) electrons. The predicted octanol–water partition coefficient (Wildman–Crippen LogP) is 2.52. The van der Waals surface area contributed by atoms with Crippen molar-refractivity contribution in [3.63, 3.8) is 0 Å². The molecule has 2 aliphatic rings. The van der Waals surface area contributed by atoms with E-state index in [0.29, 0.717) is 12.0 Å². The van der Waals surface area contributed by atoms with E-state index in [1.165, 1.54) is 18.4 Å². The molecule has 1 aliphatic carbocycles. The van der Waals surface area contributed by atoms with Crippen LogP contribution in [0.4, 0.5) is 0 Å². The standard InChI is InChI=1S/C13H17NO2/c1-2-12(10-3-4-10)13(14-7-1)16-11-5-8-15-9-6-11/h1-2,7,10-11H,3-6,8-9H2. The third-order valence-electron chi connectivity index (χ3n) is 3.26. The third kappa shape index (κ3) is 2.19. The molecule has 0 N–H and O–H groups in total. The summed E-state index contributed by atoms with van der Waals surface area (Å²) < 4.78 is 11.3. The van der Waals surface area contributed by atoms with Gasteiger partial charge < -0.3 is 9.47 Å². The molecular weight excluding hydrogens is 202 g/mol. The van der Waals surface area contributed by atoms with Crippen molar-refractivity contribution in [3.05, 3.63) is 23.9 Å². The number of ether oxygens (including phenoxy) is 2. The van der Waals surface area contributed by atoms with Gasteiger partial charge >= 0.3 is 0 Å². The largest absolute Gasteiger partial charge is 0.474 e. The topological polar surface area (TPSA) is 31.4 Å². The molecule has 0 atom stereocenters. The second-order valence-corrected chi connectivity index (χ2v) is 4.60. The van der Waals surface area contributed by atoms with Crippen LogP contribution in [0.15, 0.2) is 18.3 Å². The molecule has 2 heterocycles. The van der Waals surface area contributed by atoms with Crippen LogP contribution >= 0.6 is 0 Å². The van der Waals surface area contributed by atoms with Crippen molar-refractivity contribution >= 4 is 0 Å². The molecule has 3 heteroatoms. The number of nitrogens with zero attached hydrogens (tertiary/aromatic N) is 1. The first kappa shape index (κ1) is 10.1. The predicted molar refractivity (Wildman–Crippen MR) is 60.7 cm³/mol. The minimum atomic E-state index is 0.293. The average molecular weight is 219 g/mol. The van der Waals surface area contributed by atoms with Crippen LogP contribution in [0.1, 0.15) is 37.2 Å². The smallest absolute Gasteiger partial charge is 0.217 e. The molecule has 86 valence electrons. The first-order valence-corrected chi connectivity index (χ1v) is 6.13. The van der Waals surface area contributed by atoms with Crippen molar-refractivity contribution in [2.75, 3.05) is 13.2 Å². The van der Waals surface area contributed by atoms with Crippen LogP contribution in [0.5, 0.6) is 5.88 Å². The summed E-state index contributed by atoms with van der Waals surface area (Å²) in [5.74, 6) is 1.56. The van der Waals surface area contributed by atoms with E-state index < -0.39 is 0 Å². The summed E-state index contributed by atoms with van der Waals surface area (Å²) in [6.07, 6.45) is 6.66. The van der Waals surface area contributed by atoms with Crippen LogP contribution in [-0.4, -0.2) is 24.3 Å². The molecule has 2 fully saturated rings. The van der Waals surface area contributed by atoms with Crippen LogP contribution in [0.2, 0.25) is 0 Å². The normalized spacial score (nSPS) is 22.0. The maximum atomic E-state index is 6.00. The molecule has 1 saturated carbocycles. The van der Waals surface area contributed by atoms with Crippen molar-refractivity contribution in [2.24, 2.45) is 0 Å². The minimum absolute atomic E-state index is 0.293. The van der Waals surface area contributed by atoms with E-state index in [0.717, 1.165) is 31.9 Å². The molecule has 0 aromatic carbocycles. The highest BCUT2D eigenvalue weighted by Gasteiger charge is 2.28. The highest BCUT2D eigenvalue weighted by Crippen LogP contribution is 2.43. The van der Waals surface area contributed by atoms with Crippen molar-refractivity contribution in [2.45, 2.75) is 37.7 Å². The van der Waals surface area contributed by atoms with E-state index in [-0.39, 0.29) is 0 Å². The van der Waals surface area contributed by atoms with E-state index in [1.807, 2.05) is 12.3 Å². The van der Waals surface area contributed by atoms with Crippen molar-refractivity contribution in [3.8, 4) is 5.88 Å². The Balaban J connectivity index is 1.72. The quantitative estimate of drug-likeness (QED) is 0.782. The van der Waals surface area contributed by atoms with Gasteiger partial charge in [-0.1, -0.05) is 6.07 Å². The van der Waals surface area contributed by atoms with E-state index >= 15 is 0 Å². The first-order valence-electron chi connectivity index (χ1n) is 6.13. The summed E-state index contributed by atoms with van der Waals surface area (Å²) in [7, 11) is 0. The maximum absolute atomic E-state index is 6.00. The minimum Gasteiger partial charge on any atom is -0.474 e. The molecular formula is C13H17NO2. The summed E-state index contributed by atoms with van der Waals surface area (Å²) in [6, 6.07) is 4.16. The highest BCUT2D eigenvalue weighted by molar-refractivity contribution is 5.32. The Morgan fingerprint density at radius 3 is 2.75 bits per heavy atom. The molecule has 1 aromatic rings. The van der Waals surface area contributed by atoms with Gasteiger partial charge in [-0.2, -0.15) is 0 Å². The lowest BCUT2D eigenvalue weighted by Crippen LogP contribution is -2.26. The number of aromatic nitrogens is 1. The fraction of sp³-hybridized carbons (Fsp3) is 0.615. The Hall–Kier alpha value is -1.09. The van der Waals surface area contributed by atoms with Gasteiger partial charge in [0.2, 0.25) is 5.88 Å². The number of pyridine rings is 1. The molecule has 16 heavy (non-hydrogen) atoms. The second kappa shape index (κ2) is 4.42. The molecule has 0 spiro atoms. The molecule has 3 nitrogen and oxygen atoms in total. The summed E-state index contributed by atoms with van der Waals surface area (Å²) in [4.78, 5) is 4.37. The van der Waals surface area contributed by atoms with Gasteiger partial charge in [-0.05, 0) is 24.8 Å². The van der Waals surface area contributed by atoms with Crippen molar-refractivity contribution < 1.29 is 9.47 Å². The number of hydrogen-bond donors (Lipinski definition) is 0. The number of rotatable bonds is 3. The van der Waals surface area contributed by atoms with Crippen LogP contribution in [0.25, 0.3) is 0 Å². The van der Waals surface area contributed by atoms with Crippen molar-refractivity contribution in [1.29, 1.82) is 0 Å². The van der Waals surface area contributed by atoms with Gasteiger partial charge in [0.15, 0.2) is 0 Å². The van der Waals surface area contributed by atoms with Crippen LogP contribution in [0, 0.1) is 0 Å². The lowest BCUT2D eigenvalue weighted by Gasteiger charge is -2.23. The van der Waals surface area contributed by atoms with E-state index in [9.17, 15) is 0 Å². The zero-order valence-electron chi connectivity index (χ0n) is 9.39. The number of hydrogen-bond acceptors (Lipinski definition) is 3. The van der Waals surface area contributed by atoms with E-state index in [2.05, 4.69) is 11.1 Å². The molecule has 3 rings (SSSR count). The Morgan fingerprint density at radius 1 is 1.19 bits per heavy atom. The average Bonchev–Trinajstić information content (AvgIpc) is 3.15. The lowest BCUT2D eigenvalue weighted by atomic mass is 10.1. The molecule has 1 aliphatic heterocycles. The maximum Gasteiger partial charge on any atom is 0.217 e.